The van der Waals surface area contributed by atoms with Crippen molar-refractivity contribution in [3.05, 3.63) is 5.21 Å². The number of rotatable bonds is 6. The number of unbranched alkanes of at least 4 members (excludes halogenated alkanes) is 1. The predicted octanol–water partition coefficient (Wildman–Crippen LogP) is 2.63. The minimum Gasteiger partial charge on any atom is -0.785 e. The van der Waals surface area contributed by atoms with Gasteiger partial charge in [-0.2, -0.15) is 0 Å². The van der Waals surface area contributed by atoms with Crippen LogP contribution in [-0.4, -0.2) is 18.2 Å². The highest BCUT2D eigenvalue weighted by molar-refractivity contribution is 4.54. The van der Waals surface area contributed by atoms with E-state index >= 15 is 0 Å². The molecule has 0 aliphatic heterocycles. The first-order chi connectivity index (χ1) is 5.16. The molecular formula is C9H20NO-. The summed E-state index contributed by atoms with van der Waals surface area (Å²) in [5.74, 6) is 0.775. The van der Waals surface area contributed by atoms with Gasteiger partial charge in [0.2, 0.25) is 0 Å². The molecule has 0 N–H and O–H groups in total. The van der Waals surface area contributed by atoms with Gasteiger partial charge in [-0.25, -0.2) is 0 Å². The summed E-state index contributed by atoms with van der Waals surface area (Å²) in [7, 11) is 0. The van der Waals surface area contributed by atoms with Crippen LogP contribution in [0.4, 0.5) is 0 Å². The van der Waals surface area contributed by atoms with Crippen molar-refractivity contribution in [2.24, 2.45) is 5.92 Å². The first-order valence-corrected chi connectivity index (χ1v) is 4.59. The Bertz CT molecular complexity index is 83.6. The summed E-state index contributed by atoms with van der Waals surface area (Å²) in [6.07, 6.45) is 3.49. The molecule has 0 atom stereocenters. The molecule has 0 aliphatic carbocycles. The topological polar surface area (TPSA) is 26.3 Å². The molecule has 0 bridgehead atoms. The van der Waals surface area contributed by atoms with E-state index in [0.717, 1.165) is 17.4 Å². The molecule has 0 spiro atoms. The summed E-state index contributed by atoms with van der Waals surface area (Å²) in [6, 6.07) is 0. The van der Waals surface area contributed by atoms with Gasteiger partial charge in [0.25, 0.3) is 0 Å². The summed E-state index contributed by atoms with van der Waals surface area (Å²) in [5.41, 5.74) is 0. The molecule has 0 saturated carbocycles. The fourth-order valence-corrected chi connectivity index (χ4v) is 0.999. The van der Waals surface area contributed by atoms with E-state index < -0.39 is 0 Å². The van der Waals surface area contributed by atoms with Gasteiger partial charge in [-0.05, 0) is 25.4 Å². The first-order valence-electron chi connectivity index (χ1n) is 4.59. The van der Waals surface area contributed by atoms with Gasteiger partial charge >= 0.3 is 0 Å². The van der Waals surface area contributed by atoms with Crippen LogP contribution in [0.1, 0.15) is 40.0 Å². The third-order valence-corrected chi connectivity index (χ3v) is 1.79. The molecule has 11 heavy (non-hydrogen) atoms. The molecule has 0 saturated heterocycles. The lowest BCUT2D eigenvalue weighted by atomic mass is 10.1. The van der Waals surface area contributed by atoms with Gasteiger partial charge in [-0.1, -0.05) is 33.6 Å². The fourth-order valence-electron chi connectivity index (χ4n) is 0.999. The Balaban J connectivity index is 3.01. The molecule has 0 amide bonds. The Kier molecular flexibility index (Phi) is 6.57. The zero-order valence-electron chi connectivity index (χ0n) is 7.97. The highest BCUT2D eigenvalue weighted by Crippen LogP contribution is 2.06. The molecule has 0 aromatic carbocycles. The van der Waals surface area contributed by atoms with E-state index in [1.807, 2.05) is 6.92 Å². The van der Waals surface area contributed by atoms with Crippen LogP contribution >= 0.6 is 0 Å². The van der Waals surface area contributed by atoms with Crippen molar-refractivity contribution in [1.82, 2.24) is 5.06 Å². The lowest BCUT2D eigenvalue weighted by molar-refractivity contribution is 0.375. The van der Waals surface area contributed by atoms with Crippen molar-refractivity contribution in [3.63, 3.8) is 0 Å². The van der Waals surface area contributed by atoms with E-state index in [4.69, 9.17) is 0 Å². The van der Waals surface area contributed by atoms with E-state index in [9.17, 15) is 5.21 Å². The Labute approximate surface area is 70.2 Å². The molecule has 0 aliphatic rings. The van der Waals surface area contributed by atoms with E-state index in [1.54, 1.807) is 0 Å². The van der Waals surface area contributed by atoms with Gasteiger partial charge < -0.3 is 10.3 Å². The van der Waals surface area contributed by atoms with Crippen LogP contribution in [0.3, 0.4) is 0 Å². The van der Waals surface area contributed by atoms with Crippen LogP contribution in [0.5, 0.6) is 0 Å². The molecule has 0 heterocycles. The van der Waals surface area contributed by atoms with Crippen molar-refractivity contribution < 1.29 is 0 Å². The molecule has 0 rings (SSSR count). The third kappa shape index (κ3) is 7.82. The minimum atomic E-state index is 0.627. The SMILES string of the molecule is CCN([O-])CCCCC(C)C. The standard InChI is InChI=1S/C9H20NO/c1-4-10(11)8-6-5-7-9(2)3/h9H,4-8H2,1-3H3/q-1. The zero-order chi connectivity index (χ0) is 8.69. The third-order valence-electron chi connectivity index (χ3n) is 1.79. The van der Waals surface area contributed by atoms with Crippen LogP contribution in [0.2, 0.25) is 0 Å². The first kappa shape index (κ1) is 10.9. The Morgan fingerprint density at radius 2 is 1.91 bits per heavy atom. The van der Waals surface area contributed by atoms with Crippen molar-refractivity contribution in [2.75, 3.05) is 13.1 Å². The molecule has 0 aromatic heterocycles. The molecular weight excluding hydrogens is 138 g/mol. The van der Waals surface area contributed by atoms with Crippen molar-refractivity contribution in [1.29, 1.82) is 0 Å². The molecule has 0 aromatic rings. The van der Waals surface area contributed by atoms with Crippen LogP contribution in [0, 0.1) is 11.1 Å². The Hall–Kier alpha value is -0.0800. The maximum absolute atomic E-state index is 10.8. The van der Waals surface area contributed by atoms with Crippen LogP contribution in [0.25, 0.3) is 0 Å². The van der Waals surface area contributed by atoms with Gasteiger partial charge in [0, 0.05) is 0 Å². The quantitative estimate of drug-likeness (QED) is 0.439. The average molecular weight is 158 g/mol. The molecule has 0 unspecified atom stereocenters. The van der Waals surface area contributed by atoms with Gasteiger partial charge in [-0.3, -0.25) is 0 Å². The summed E-state index contributed by atoms with van der Waals surface area (Å²) in [4.78, 5) is 0. The normalized spacial score (nSPS) is 11.5. The number of hydroxylamine groups is 2. The second kappa shape index (κ2) is 6.62. The van der Waals surface area contributed by atoms with Crippen molar-refractivity contribution >= 4 is 0 Å². The lowest BCUT2D eigenvalue weighted by Gasteiger charge is -2.25. The van der Waals surface area contributed by atoms with Gasteiger partial charge in [0.05, 0.1) is 0 Å². The maximum atomic E-state index is 10.8. The molecule has 2 heteroatoms. The highest BCUT2D eigenvalue weighted by atomic mass is 16.5. The van der Waals surface area contributed by atoms with Crippen LogP contribution < -0.4 is 0 Å². The second-order valence-corrected chi connectivity index (χ2v) is 3.41. The van der Waals surface area contributed by atoms with Gasteiger partial charge in [-0.15, -0.1) is 0 Å². The van der Waals surface area contributed by atoms with Crippen LogP contribution in [0.15, 0.2) is 0 Å². The fraction of sp³-hybridized carbons (Fsp3) is 1.00. The zero-order valence-corrected chi connectivity index (χ0v) is 7.97. The average Bonchev–Trinajstić information content (AvgIpc) is 1.97. The number of hydrogen-bond acceptors (Lipinski definition) is 2. The van der Waals surface area contributed by atoms with Gasteiger partial charge in [0.1, 0.15) is 0 Å². The second-order valence-electron chi connectivity index (χ2n) is 3.41. The van der Waals surface area contributed by atoms with Gasteiger partial charge in [0.15, 0.2) is 0 Å². The van der Waals surface area contributed by atoms with E-state index in [-0.39, 0.29) is 0 Å². The smallest absolute Gasteiger partial charge is 0.0145 e. The Morgan fingerprint density at radius 3 is 2.36 bits per heavy atom. The molecule has 2 nitrogen and oxygen atoms in total. The monoisotopic (exact) mass is 158 g/mol. The summed E-state index contributed by atoms with van der Waals surface area (Å²) in [6.45, 7) is 7.67. The van der Waals surface area contributed by atoms with Crippen molar-refractivity contribution in [2.45, 2.75) is 40.0 Å². The van der Waals surface area contributed by atoms with Crippen molar-refractivity contribution in [3.8, 4) is 0 Å². The minimum absolute atomic E-state index is 0.627. The number of hydrogen-bond donors (Lipinski definition) is 0. The highest BCUT2D eigenvalue weighted by Gasteiger charge is 1.93. The van der Waals surface area contributed by atoms with Crippen LogP contribution in [-0.2, 0) is 0 Å². The summed E-state index contributed by atoms with van der Waals surface area (Å²) < 4.78 is 0. The molecule has 0 radical (unpaired) electrons. The van der Waals surface area contributed by atoms with E-state index in [0.29, 0.717) is 13.1 Å². The van der Waals surface area contributed by atoms with E-state index in [2.05, 4.69) is 13.8 Å². The Morgan fingerprint density at radius 1 is 1.27 bits per heavy atom. The maximum Gasteiger partial charge on any atom is -0.0145 e. The lowest BCUT2D eigenvalue weighted by Crippen LogP contribution is -2.16. The summed E-state index contributed by atoms with van der Waals surface area (Å²) >= 11 is 0. The number of nitrogens with zero attached hydrogens (tertiary/aromatic N) is 1. The predicted molar refractivity (Wildman–Crippen MR) is 49.3 cm³/mol. The largest absolute Gasteiger partial charge is 0.785 e. The molecule has 68 valence electrons. The summed E-state index contributed by atoms with van der Waals surface area (Å²) in [5, 5.41) is 11.9. The van der Waals surface area contributed by atoms with E-state index in [1.165, 1.54) is 12.8 Å². The molecule has 0 fully saturated rings.